The van der Waals surface area contributed by atoms with Gasteiger partial charge in [-0.05, 0) is 12.8 Å². The van der Waals surface area contributed by atoms with Crippen LogP contribution in [0.4, 0.5) is 11.6 Å². The van der Waals surface area contributed by atoms with Crippen LogP contribution in [0.3, 0.4) is 0 Å². The summed E-state index contributed by atoms with van der Waals surface area (Å²) in [5.74, 6) is 7.29. The standard InChI is InChI=1S/C11H20N6O/c1-7(2)5-14-11(18)6-13-9-4-10(17-12)16-8(3)15-9/h4,7H,5-6,12H2,1-3H3,(H,14,18)(H2,13,15,16,17). The molecule has 18 heavy (non-hydrogen) atoms. The topological polar surface area (TPSA) is 105 Å². The molecule has 0 bridgehead atoms. The molecule has 0 aliphatic rings. The second-order valence-corrected chi connectivity index (χ2v) is 4.38. The van der Waals surface area contributed by atoms with Crippen LogP contribution in [0.2, 0.25) is 0 Å². The van der Waals surface area contributed by atoms with Crippen LogP contribution in [-0.4, -0.2) is 29.0 Å². The van der Waals surface area contributed by atoms with Gasteiger partial charge < -0.3 is 16.1 Å². The number of hydrogen-bond acceptors (Lipinski definition) is 6. The van der Waals surface area contributed by atoms with E-state index in [1.54, 1.807) is 13.0 Å². The molecule has 0 radical (unpaired) electrons. The molecule has 0 aliphatic carbocycles. The van der Waals surface area contributed by atoms with Gasteiger partial charge in [-0.3, -0.25) is 4.79 Å². The molecule has 100 valence electrons. The maximum atomic E-state index is 11.5. The highest BCUT2D eigenvalue weighted by molar-refractivity contribution is 5.80. The molecule has 0 saturated carbocycles. The van der Waals surface area contributed by atoms with Crippen LogP contribution in [0.5, 0.6) is 0 Å². The van der Waals surface area contributed by atoms with E-state index in [9.17, 15) is 4.79 Å². The summed E-state index contributed by atoms with van der Waals surface area (Å²) in [4.78, 5) is 19.7. The minimum Gasteiger partial charge on any atom is -0.361 e. The average Bonchev–Trinajstić information content (AvgIpc) is 2.33. The lowest BCUT2D eigenvalue weighted by Gasteiger charge is -2.10. The van der Waals surface area contributed by atoms with E-state index in [0.717, 1.165) is 0 Å². The lowest BCUT2D eigenvalue weighted by atomic mass is 10.2. The summed E-state index contributed by atoms with van der Waals surface area (Å²) < 4.78 is 0. The monoisotopic (exact) mass is 252 g/mol. The van der Waals surface area contributed by atoms with Gasteiger partial charge in [0.05, 0.1) is 6.54 Å². The molecule has 1 aromatic heterocycles. The fourth-order valence-corrected chi connectivity index (χ4v) is 1.28. The van der Waals surface area contributed by atoms with Crippen molar-refractivity contribution >= 4 is 17.5 Å². The SMILES string of the molecule is Cc1nc(NN)cc(NCC(=O)NCC(C)C)n1. The van der Waals surface area contributed by atoms with Crippen molar-refractivity contribution in [2.24, 2.45) is 11.8 Å². The number of carbonyl (C=O) groups is 1. The third-order valence-electron chi connectivity index (χ3n) is 2.12. The molecular weight excluding hydrogens is 232 g/mol. The fourth-order valence-electron chi connectivity index (χ4n) is 1.28. The quantitative estimate of drug-likeness (QED) is 0.427. The Morgan fingerprint density at radius 1 is 1.39 bits per heavy atom. The summed E-state index contributed by atoms with van der Waals surface area (Å²) in [5, 5.41) is 5.74. The van der Waals surface area contributed by atoms with E-state index >= 15 is 0 Å². The van der Waals surface area contributed by atoms with Crippen LogP contribution in [0.1, 0.15) is 19.7 Å². The maximum Gasteiger partial charge on any atom is 0.239 e. The number of rotatable bonds is 6. The number of aromatic nitrogens is 2. The number of nitrogens with zero attached hydrogens (tertiary/aromatic N) is 2. The van der Waals surface area contributed by atoms with Crippen molar-refractivity contribution in [3.8, 4) is 0 Å². The third-order valence-corrected chi connectivity index (χ3v) is 2.12. The molecule has 0 unspecified atom stereocenters. The van der Waals surface area contributed by atoms with E-state index < -0.39 is 0 Å². The number of anilines is 2. The predicted molar refractivity (Wildman–Crippen MR) is 70.9 cm³/mol. The molecule has 1 amide bonds. The predicted octanol–water partition coefficient (Wildman–Crippen LogP) is 0.255. The van der Waals surface area contributed by atoms with Crippen LogP contribution in [0.15, 0.2) is 6.07 Å². The number of nitrogens with two attached hydrogens (primary N) is 1. The molecule has 7 nitrogen and oxygen atoms in total. The normalized spacial score (nSPS) is 10.3. The van der Waals surface area contributed by atoms with Gasteiger partial charge in [0, 0.05) is 12.6 Å². The Balaban J connectivity index is 2.47. The number of carbonyl (C=O) groups excluding carboxylic acids is 1. The van der Waals surface area contributed by atoms with E-state index in [1.807, 2.05) is 13.8 Å². The molecule has 0 saturated heterocycles. The number of hydrogen-bond donors (Lipinski definition) is 4. The Bertz CT molecular complexity index is 407. The maximum absolute atomic E-state index is 11.5. The van der Waals surface area contributed by atoms with Crippen molar-refractivity contribution in [2.45, 2.75) is 20.8 Å². The zero-order chi connectivity index (χ0) is 13.5. The second-order valence-electron chi connectivity index (χ2n) is 4.38. The Morgan fingerprint density at radius 2 is 2.06 bits per heavy atom. The first-order valence-electron chi connectivity index (χ1n) is 5.84. The minimum atomic E-state index is -0.0674. The van der Waals surface area contributed by atoms with Gasteiger partial charge in [0.1, 0.15) is 17.5 Å². The molecular formula is C11H20N6O. The summed E-state index contributed by atoms with van der Waals surface area (Å²) >= 11 is 0. The van der Waals surface area contributed by atoms with E-state index in [0.29, 0.717) is 29.9 Å². The van der Waals surface area contributed by atoms with E-state index in [4.69, 9.17) is 5.84 Å². The lowest BCUT2D eigenvalue weighted by Crippen LogP contribution is -2.32. The Hall–Kier alpha value is -1.89. The number of hydrazine groups is 1. The minimum absolute atomic E-state index is 0.0674. The second kappa shape index (κ2) is 6.75. The highest BCUT2D eigenvalue weighted by Crippen LogP contribution is 2.09. The number of nitrogen functional groups attached to an aromatic ring is 1. The first-order chi connectivity index (χ1) is 8.51. The fraction of sp³-hybridized carbons (Fsp3) is 0.545. The number of aryl methyl sites for hydroxylation is 1. The van der Waals surface area contributed by atoms with Crippen molar-refractivity contribution in [3.05, 3.63) is 11.9 Å². The van der Waals surface area contributed by atoms with E-state index in [-0.39, 0.29) is 12.5 Å². The zero-order valence-electron chi connectivity index (χ0n) is 10.9. The van der Waals surface area contributed by atoms with Gasteiger partial charge in [-0.15, -0.1) is 0 Å². The molecule has 0 aliphatic heterocycles. The largest absolute Gasteiger partial charge is 0.361 e. The van der Waals surface area contributed by atoms with Crippen LogP contribution >= 0.6 is 0 Å². The molecule has 1 aromatic rings. The van der Waals surface area contributed by atoms with Crippen LogP contribution in [0, 0.1) is 12.8 Å². The van der Waals surface area contributed by atoms with Gasteiger partial charge >= 0.3 is 0 Å². The first kappa shape index (κ1) is 14.2. The number of amides is 1. The Morgan fingerprint density at radius 3 is 2.67 bits per heavy atom. The van der Waals surface area contributed by atoms with Gasteiger partial charge in [0.2, 0.25) is 5.91 Å². The van der Waals surface area contributed by atoms with E-state index in [1.165, 1.54) is 0 Å². The molecule has 0 aromatic carbocycles. The summed E-state index contributed by atoms with van der Waals surface area (Å²) in [7, 11) is 0. The summed E-state index contributed by atoms with van der Waals surface area (Å²) in [6, 6.07) is 1.64. The Kier molecular flexibility index (Phi) is 5.31. The van der Waals surface area contributed by atoms with Crippen LogP contribution in [0.25, 0.3) is 0 Å². The van der Waals surface area contributed by atoms with Crippen molar-refractivity contribution in [1.82, 2.24) is 15.3 Å². The summed E-state index contributed by atoms with van der Waals surface area (Å²) in [5.41, 5.74) is 2.44. The van der Waals surface area contributed by atoms with Crippen molar-refractivity contribution in [3.63, 3.8) is 0 Å². The molecule has 5 N–H and O–H groups in total. The van der Waals surface area contributed by atoms with Gasteiger partial charge in [0.15, 0.2) is 0 Å². The molecule has 1 rings (SSSR count). The first-order valence-corrected chi connectivity index (χ1v) is 5.84. The zero-order valence-corrected chi connectivity index (χ0v) is 10.9. The van der Waals surface area contributed by atoms with Crippen molar-refractivity contribution in [1.29, 1.82) is 0 Å². The molecule has 0 spiro atoms. The van der Waals surface area contributed by atoms with Gasteiger partial charge in [-0.1, -0.05) is 13.8 Å². The van der Waals surface area contributed by atoms with Gasteiger partial charge in [-0.2, -0.15) is 0 Å². The molecule has 1 heterocycles. The highest BCUT2D eigenvalue weighted by atomic mass is 16.1. The smallest absolute Gasteiger partial charge is 0.239 e. The van der Waals surface area contributed by atoms with Crippen LogP contribution < -0.4 is 21.9 Å². The highest BCUT2D eigenvalue weighted by Gasteiger charge is 2.04. The summed E-state index contributed by atoms with van der Waals surface area (Å²) in [6.07, 6.45) is 0. The molecule has 7 heteroatoms. The summed E-state index contributed by atoms with van der Waals surface area (Å²) in [6.45, 7) is 6.68. The Labute approximate surface area is 107 Å². The lowest BCUT2D eigenvalue weighted by molar-refractivity contribution is -0.119. The molecule has 0 fully saturated rings. The average molecular weight is 252 g/mol. The van der Waals surface area contributed by atoms with Gasteiger partial charge in [-0.25, -0.2) is 15.8 Å². The van der Waals surface area contributed by atoms with Gasteiger partial charge in [0.25, 0.3) is 0 Å². The van der Waals surface area contributed by atoms with Crippen molar-refractivity contribution < 1.29 is 4.79 Å². The van der Waals surface area contributed by atoms with Crippen molar-refractivity contribution in [2.75, 3.05) is 23.8 Å². The third kappa shape index (κ3) is 4.96. The van der Waals surface area contributed by atoms with E-state index in [2.05, 4.69) is 26.0 Å². The molecule has 0 atom stereocenters. The van der Waals surface area contributed by atoms with Crippen LogP contribution in [-0.2, 0) is 4.79 Å². The number of nitrogens with one attached hydrogen (secondary N) is 3.